The average Bonchev–Trinajstić information content (AvgIpc) is 2.79. The zero-order valence-corrected chi connectivity index (χ0v) is 11.9. The summed E-state index contributed by atoms with van der Waals surface area (Å²) in [7, 11) is 1.28. The highest BCUT2D eigenvalue weighted by atomic mass is 32.2. The molecule has 0 saturated carbocycles. The molecule has 20 heavy (non-hydrogen) atoms. The number of hydrogen-bond acceptors (Lipinski definition) is 6. The van der Waals surface area contributed by atoms with E-state index in [-0.39, 0.29) is 18.2 Å². The summed E-state index contributed by atoms with van der Waals surface area (Å²) < 4.78 is 9.70. The maximum Gasteiger partial charge on any atom is 0.307 e. The van der Waals surface area contributed by atoms with Crippen LogP contribution < -0.4 is 5.32 Å². The third kappa shape index (κ3) is 3.73. The van der Waals surface area contributed by atoms with Crippen LogP contribution in [0.1, 0.15) is 6.42 Å². The first-order valence-electron chi connectivity index (χ1n) is 6.23. The van der Waals surface area contributed by atoms with Gasteiger partial charge in [0.05, 0.1) is 31.8 Å². The standard InChI is InChI=1S/C12H16N2O5S/c1-18-11(16)6-8-12(17)13-9(20-8)7-10(15)14-2-4-19-5-3-14/h7-8H,2-6H2,1H3,(H,13,17)/b9-7+/t8-/m0/s1. The molecule has 2 aliphatic heterocycles. The van der Waals surface area contributed by atoms with Crippen LogP contribution in [-0.2, 0) is 23.9 Å². The molecule has 2 heterocycles. The zero-order valence-electron chi connectivity index (χ0n) is 11.1. The molecule has 0 aromatic carbocycles. The van der Waals surface area contributed by atoms with Crippen LogP contribution in [0.4, 0.5) is 0 Å². The van der Waals surface area contributed by atoms with Gasteiger partial charge < -0.3 is 19.7 Å². The van der Waals surface area contributed by atoms with Crippen molar-refractivity contribution in [1.82, 2.24) is 10.2 Å². The van der Waals surface area contributed by atoms with E-state index in [0.29, 0.717) is 31.3 Å². The highest BCUT2D eigenvalue weighted by molar-refractivity contribution is 8.04. The number of carbonyl (C=O) groups excluding carboxylic acids is 3. The van der Waals surface area contributed by atoms with Crippen molar-refractivity contribution in [1.29, 1.82) is 0 Å². The SMILES string of the molecule is COC(=O)C[C@@H]1S/C(=C/C(=O)N2CCOCC2)NC1=O. The molecule has 0 aromatic heterocycles. The van der Waals surface area contributed by atoms with Crippen molar-refractivity contribution < 1.29 is 23.9 Å². The molecule has 0 aromatic rings. The molecule has 0 radical (unpaired) electrons. The van der Waals surface area contributed by atoms with Crippen molar-refractivity contribution in [2.45, 2.75) is 11.7 Å². The average molecular weight is 300 g/mol. The molecule has 2 rings (SSSR count). The fraction of sp³-hybridized carbons (Fsp3) is 0.583. The van der Waals surface area contributed by atoms with Crippen molar-refractivity contribution in [3.63, 3.8) is 0 Å². The van der Waals surface area contributed by atoms with E-state index in [1.54, 1.807) is 4.90 Å². The largest absolute Gasteiger partial charge is 0.469 e. The first-order valence-corrected chi connectivity index (χ1v) is 7.11. The Hall–Kier alpha value is -1.54. The van der Waals surface area contributed by atoms with Crippen LogP contribution in [0.2, 0.25) is 0 Å². The molecule has 7 nitrogen and oxygen atoms in total. The lowest BCUT2D eigenvalue weighted by Gasteiger charge is -2.25. The Labute approximate surface area is 120 Å². The number of amides is 2. The number of carbonyl (C=O) groups is 3. The topological polar surface area (TPSA) is 84.9 Å². The fourth-order valence-corrected chi connectivity index (χ4v) is 2.88. The van der Waals surface area contributed by atoms with Gasteiger partial charge in [-0.2, -0.15) is 0 Å². The van der Waals surface area contributed by atoms with E-state index in [1.165, 1.54) is 24.9 Å². The van der Waals surface area contributed by atoms with Crippen LogP contribution in [0, 0.1) is 0 Å². The van der Waals surface area contributed by atoms with E-state index in [2.05, 4.69) is 10.1 Å². The third-order valence-electron chi connectivity index (χ3n) is 2.97. The third-order valence-corrected chi connectivity index (χ3v) is 4.10. The van der Waals surface area contributed by atoms with Crippen LogP contribution in [0.15, 0.2) is 11.1 Å². The second kappa shape index (κ2) is 6.76. The molecule has 0 bridgehead atoms. The van der Waals surface area contributed by atoms with E-state index >= 15 is 0 Å². The number of morpholine rings is 1. The van der Waals surface area contributed by atoms with E-state index in [1.807, 2.05) is 0 Å². The molecule has 1 N–H and O–H groups in total. The summed E-state index contributed by atoms with van der Waals surface area (Å²) in [6.07, 6.45) is 1.39. The monoisotopic (exact) mass is 300 g/mol. The van der Waals surface area contributed by atoms with Gasteiger partial charge in [-0.3, -0.25) is 14.4 Å². The lowest BCUT2D eigenvalue weighted by molar-refractivity contribution is -0.141. The van der Waals surface area contributed by atoms with Crippen LogP contribution in [0.25, 0.3) is 0 Å². The number of thioether (sulfide) groups is 1. The first kappa shape index (κ1) is 14.9. The van der Waals surface area contributed by atoms with Crippen molar-refractivity contribution in [3.05, 3.63) is 11.1 Å². The normalized spacial score (nSPS) is 24.6. The van der Waals surface area contributed by atoms with Gasteiger partial charge in [0.25, 0.3) is 0 Å². The predicted molar refractivity (Wildman–Crippen MR) is 71.6 cm³/mol. The molecular weight excluding hydrogens is 284 g/mol. The molecule has 2 saturated heterocycles. The van der Waals surface area contributed by atoms with Gasteiger partial charge in [-0.15, -0.1) is 0 Å². The van der Waals surface area contributed by atoms with Gasteiger partial charge in [-0.25, -0.2) is 0 Å². The summed E-state index contributed by atoms with van der Waals surface area (Å²) >= 11 is 1.18. The van der Waals surface area contributed by atoms with Crippen LogP contribution in [-0.4, -0.2) is 61.3 Å². The van der Waals surface area contributed by atoms with E-state index in [4.69, 9.17) is 4.74 Å². The Morgan fingerprint density at radius 1 is 1.50 bits per heavy atom. The lowest BCUT2D eigenvalue weighted by atomic mass is 10.3. The first-order chi connectivity index (χ1) is 9.60. The van der Waals surface area contributed by atoms with Crippen LogP contribution >= 0.6 is 11.8 Å². The maximum atomic E-state index is 12.0. The van der Waals surface area contributed by atoms with Gasteiger partial charge in [0.2, 0.25) is 11.8 Å². The predicted octanol–water partition coefficient (Wildman–Crippen LogP) is -0.519. The molecule has 8 heteroatoms. The summed E-state index contributed by atoms with van der Waals surface area (Å²) in [6.45, 7) is 2.15. The number of rotatable bonds is 3. The Balaban J connectivity index is 1.93. The second-order valence-corrected chi connectivity index (χ2v) is 5.57. The van der Waals surface area contributed by atoms with Crippen molar-refractivity contribution in [2.75, 3.05) is 33.4 Å². The number of ether oxygens (including phenoxy) is 2. The van der Waals surface area contributed by atoms with Crippen LogP contribution in [0.3, 0.4) is 0 Å². The summed E-state index contributed by atoms with van der Waals surface area (Å²) in [4.78, 5) is 36.5. The lowest BCUT2D eigenvalue weighted by Crippen LogP contribution is -2.40. The van der Waals surface area contributed by atoms with Crippen LogP contribution in [0.5, 0.6) is 0 Å². The molecule has 1 atom stereocenters. The van der Waals surface area contributed by atoms with Gasteiger partial charge in [0, 0.05) is 19.2 Å². The quantitative estimate of drug-likeness (QED) is 0.558. The molecule has 110 valence electrons. The Morgan fingerprint density at radius 2 is 2.20 bits per heavy atom. The summed E-state index contributed by atoms with van der Waals surface area (Å²) in [5, 5.41) is 2.54. The highest BCUT2D eigenvalue weighted by Crippen LogP contribution is 2.29. The van der Waals surface area contributed by atoms with Gasteiger partial charge in [-0.1, -0.05) is 11.8 Å². The zero-order chi connectivity index (χ0) is 14.5. The summed E-state index contributed by atoms with van der Waals surface area (Å²) in [6, 6.07) is 0. The van der Waals surface area contributed by atoms with E-state index in [0.717, 1.165) is 0 Å². The summed E-state index contributed by atoms with van der Waals surface area (Å²) in [5.41, 5.74) is 0. The van der Waals surface area contributed by atoms with E-state index in [9.17, 15) is 14.4 Å². The molecule has 0 unspecified atom stereocenters. The maximum absolute atomic E-state index is 12.0. The van der Waals surface area contributed by atoms with Gasteiger partial charge in [0.1, 0.15) is 5.25 Å². The summed E-state index contributed by atoms with van der Waals surface area (Å²) in [5.74, 6) is -0.880. The number of esters is 1. The van der Waals surface area contributed by atoms with Gasteiger partial charge >= 0.3 is 5.97 Å². The smallest absolute Gasteiger partial charge is 0.307 e. The molecule has 2 amide bonds. The molecule has 2 fully saturated rings. The minimum Gasteiger partial charge on any atom is -0.469 e. The number of nitrogens with zero attached hydrogens (tertiary/aromatic N) is 1. The fourth-order valence-electron chi connectivity index (χ4n) is 1.86. The Morgan fingerprint density at radius 3 is 2.85 bits per heavy atom. The van der Waals surface area contributed by atoms with Crippen molar-refractivity contribution >= 4 is 29.5 Å². The minimum absolute atomic E-state index is 0.00388. The molecule has 0 aliphatic carbocycles. The van der Waals surface area contributed by atoms with Crippen molar-refractivity contribution in [2.24, 2.45) is 0 Å². The molecule has 0 spiro atoms. The van der Waals surface area contributed by atoms with Crippen molar-refractivity contribution in [3.8, 4) is 0 Å². The highest BCUT2D eigenvalue weighted by Gasteiger charge is 2.32. The molecular formula is C12H16N2O5S. The number of nitrogens with one attached hydrogen (secondary N) is 1. The van der Waals surface area contributed by atoms with Gasteiger partial charge in [-0.05, 0) is 0 Å². The van der Waals surface area contributed by atoms with E-state index < -0.39 is 11.2 Å². The Kier molecular flexibility index (Phi) is 5.02. The van der Waals surface area contributed by atoms with Gasteiger partial charge in [0.15, 0.2) is 0 Å². The number of hydrogen-bond donors (Lipinski definition) is 1. The minimum atomic E-state index is -0.536. The Bertz CT molecular complexity index is 445. The molecule has 2 aliphatic rings. The number of methoxy groups -OCH3 is 1. The second-order valence-electron chi connectivity index (χ2n) is 4.32.